The molecule has 4 rings (SSSR count). The highest BCUT2D eigenvalue weighted by Gasteiger charge is 2.60. The van der Waals surface area contributed by atoms with Gasteiger partial charge in [-0.25, -0.2) is 4.79 Å². The molecule has 0 bridgehead atoms. The van der Waals surface area contributed by atoms with E-state index in [1.165, 1.54) is 16.6 Å². The highest BCUT2D eigenvalue weighted by molar-refractivity contribution is 5.83. The molecule has 0 aliphatic carbocycles. The van der Waals surface area contributed by atoms with Crippen molar-refractivity contribution in [1.29, 1.82) is 0 Å². The Bertz CT molecular complexity index is 731. The standard InChI is InChI=1S/C16H18N2O2/c1-15(2)16(3)13-10-11-6-4-5-7-12(11)17(13)8-9-18(16)14(19)20-15/h4-7,10H,8-9H2,1-3H3. The van der Waals surface area contributed by atoms with Crippen molar-refractivity contribution in [3.05, 3.63) is 36.0 Å². The zero-order valence-corrected chi connectivity index (χ0v) is 12.0. The molecular weight excluding hydrogens is 252 g/mol. The molecule has 4 nitrogen and oxygen atoms in total. The SMILES string of the molecule is CC1(C)OC(=O)N2CCn3c(cc4ccccc43)C21C. The summed E-state index contributed by atoms with van der Waals surface area (Å²) in [6, 6.07) is 10.6. The Morgan fingerprint density at radius 3 is 2.70 bits per heavy atom. The molecule has 2 aliphatic rings. The van der Waals surface area contributed by atoms with Gasteiger partial charge in [-0.3, -0.25) is 4.90 Å². The van der Waals surface area contributed by atoms with Gasteiger partial charge in [-0.05, 0) is 38.3 Å². The Labute approximate surface area is 117 Å². The van der Waals surface area contributed by atoms with Gasteiger partial charge in [0.15, 0.2) is 0 Å². The first-order valence-corrected chi connectivity index (χ1v) is 7.04. The van der Waals surface area contributed by atoms with Crippen LogP contribution in [0.4, 0.5) is 4.79 Å². The molecule has 0 N–H and O–H groups in total. The number of nitrogens with zero attached hydrogens (tertiary/aromatic N) is 2. The van der Waals surface area contributed by atoms with E-state index in [1.54, 1.807) is 0 Å². The van der Waals surface area contributed by atoms with Crippen molar-refractivity contribution in [3.63, 3.8) is 0 Å². The molecule has 0 radical (unpaired) electrons. The van der Waals surface area contributed by atoms with Gasteiger partial charge < -0.3 is 9.30 Å². The van der Waals surface area contributed by atoms with Crippen molar-refractivity contribution in [2.45, 2.75) is 38.5 Å². The smallest absolute Gasteiger partial charge is 0.411 e. The van der Waals surface area contributed by atoms with E-state index in [0.29, 0.717) is 6.54 Å². The summed E-state index contributed by atoms with van der Waals surface area (Å²) in [5.74, 6) is 0. The number of carbonyl (C=O) groups is 1. The van der Waals surface area contributed by atoms with Gasteiger partial charge >= 0.3 is 6.09 Å². The lowest BCUT2D eigenvalue weighted by molar-refractivity contribution is 0.0115. The van der Waals surface area contributed by atoms with Gasteiger partial charge in [-0.15, -0.1) is 0 Å². The van der Waals surface area contributed by atoms with Crippen molar-refractivity contribution in [2.24, 2.45) is 0 Å². The average Bonchev–Trinajstić information content (AvgIpc) is 2.85. The predicted molar refractivity (Wildman–Crippen MR) is 76.6 cm³/mol. The van der Waals surface area contributed by atoms with Crippen molar-refractivity contribution in [3.8, 4) is 0 Å². The fourth-order valence-corrected chi connectivity index (χ4v) is 3.70. The maximum absolute atomic E-state index is 12.1. The largest absolute Gasteiger partial charge is 0.440 e. The normalized spacial score (nSPS) is 27.4. The van der Waals surface area contributed by atoms with Crippen molar-refractivity contribution in [2.75, 3.05) is 6.54 Å². The second-order valence-electron chi connectivity index (χ2n) is 6.34. The van der Waals surface area contributed by atoms with E-state index in [9.17, 15) is 4.79 Å². The van der Waals surface area contributed by atoms with Crippen LogP contribution >= 0.6 is 0 Å². The van der Waals surface area contributed by atoms with Gasteiger partial charge in [0, 0.05) is 24.3 Å². The molecule has 2 aromatic rings. The van der Waals surface area contributed by atoms with Crippen molar-refractivity contribution < 1.29 is 9.53 Å². The molecule has 1 atom stereocenters. The fourth-order valence-electron chi connectivity index (χ4n) is 3.70. The second kappa shape index (κ2) is 3.37. The van der Waals surface area contributed by atoms with E-state index in [0.717, 1.165) is 6.54 Å². The molecule has 104 valence electrons. The quantitative estimate of drug-likeness (QED) is 0.737. The van der Waals surface area contributed by atoms with Crippen molar-refractivity contribution in [1.82, 2.24) is 9.47 Å². The molecule has 1 fully saturated rings. The number of cyclic esters (lactones) is 1. The molecule has 20 heavy (non-hydrogen) atoms. The molecule has 4 heteroatoms. The second-order valence-corrected chi connectivity index (χ2v) is 6.34. The number of hydrogen-bond donors (Lipinski definition) is 0. The van der Waals surface area contributed by atoms with Crippen LogP contribution in [-0.4, -0.2) is 27.7 Å². The van der Waals surface area contributed by atoms with E-state index in [2.05, 4.69) is 41.8 Å². The molecule has 1 aromatic carbocycles. The third kappa shape index (κ3) is 1.15. The maximum atomic E-state index is 12.1. The first-order chi connectivity index (χ1) is 9.45. The summed E-state index contributed by atoms with van der Waals surface area (Å²) in [6.45, 7) is 7.63. The zero-order valence-electron chi connectivity index (χ0n) is 12.0. The highest BCUT2D eigenvalue weighted by Crippen LogP contribution is 2.49. The summed E-state index contributed by atoms with van der Waals surface area (Å²) in [7, 11) is 0. The number of rotatable bonds is 0. The van der Waals surface area contributed by atoms with Crippen LogP contribution in [0.1, 0.15) is 26.5 Å². The number of hydrogen-bond acceptors (Lipinski definition) is 2. The first kappa shape index (κ1) is 11.8. The van der Waals surface area contributed by atoms with Crippen LogP contribution in [0, 0.1) is 0 Å². The van der Waals surface area contributed by atoms with Crippen LogP contribution in [0.2, 0.25) is 0 Å². The molecule has 1 aromatic heterocycles. The molecule has 3 heterocycles. The summed E-state index contributed by atoms with van der Waals surface area (Å²) >= 11 is 0. The minimum atomic E-state index is -0.531. The predicted octanol–water partition coefficient (Wildman–Crippen LogP) is 3.10. The maximum Gasteiger partial charge on any atom is 0.411 e. The Morgan fingerprint density at radius 2 is 1.90 bits per heavy atom. The number of benzene rings is 1. The minimum Gasteiger partial charge on any atom is -0.440 e. The molecule has 0 spiro atoms. The van der Waals surface area contributed by atoms with E-state index >= 15 is 0 Å². The van der Waals surface area contributed by atoms with Crippen LogP contribution in [0.5, 0.6) is 0 Å². The third-order valence-electron chi connectivity index (χ3n) is 5.13. The van der Waals surface area contributed by atoms with Crippen LogP contribution in [0.3, 0.4) is 0 Å². The van der Waals surface area contributed by atoms with Crippen LogP contribution in [-0.2, 0) is 16.8 Å². The molecule has 2 aliphatic heterocycles. The van der Waals surface area contributed by atoms with E-state index in [-0.39, 0.29) is 6.09 Å². The lowest BCUT2D eigenvalue weighted by Crippen LogP contribution is -2.55. The van der Waals surface area contributed by atoms with E-state index in [4.69, 9.17) is 4.74 Å². The van der Waals surface area contributed by atoms with Gasteiger partial charge in [0.05, 0.1) is 0 Å². The van der Waals surface area contributed by atoms with E-state index in [1.807, 2.05) is 18.7 Å². The minimum absolute atomic E-state index is 0.200. The summed E-state index contributed by atoms with van der Waals surface area (Å²) < 4.78 is 7.95. The van der Waals surface area contributed by atoms with Crippen LogP contribution in [0.15, 0.2) is 30.3 Å². The molecule has 0 saturated carbocycles. The number of ether oxygens (including phenoxy) is 1. The summed E-state index contributed by atoms with van der Waals surface area (Å²) in [5, 5.41) is 1.22. The molecule has 1 unspecified atom stereocenters. The number of carbonyl (C=O) groups excluding carboxylic acids is 1. The topological polar surface area (TPSA) is 34.5 Å². The Morgan fingerprint density at radius 1 is 1.15 bits per heavy atom. The van der Waals surface area contributed by atoms with Gasteiger partial charge in [0.2, 0.25) is 0 Å². The average molecular weight is 270 g/mol. The fraction of sp³-hybridized carbons (Fsp3) is 0.438. The summed E-state index contributed by atoms with van der Waals surface area (Å²) in [6.07, 6.45) is -0.200. The van der Waals surface area contributed by atoms with Crippen LogP contribution < -0.4 is 0 Å². The number of fused-ring (bicyclic) bond motifs is 5. The first-order valence-electron chi connectivity index (χ1n) is 7.04. The number of para-hydroxylation sites is 1. The monoisotopic (exact) mass is 270 g/mol. The molecular formula is C16H18N2O2. The Balaban J connectivity index is 2.04. The lowest BCUT2D eigenvalue weighted by atomic mass is 9.79. The Hall–Kier alpha value is -1.97. The number of amides is 1. The van der Waals surface area contributed by atoms with Gasteiger partial charge in [-0.2, -0.15) is 0 Å². The lowest BCUT2D eigenvalue weighted by Gasteiger charge is -2.44. The van der Waals surface area contributed by atoms with Gasteiger partial charge in [0.1, 0.15) is 11.1 Å². The third-order valence-corrected chi connectivity index (χ3v) is 5.13. The van der Waals surface area contributed by atoms with Gasteiger partial charge in [0.25, 0.3) is 0 Å². The number of aromatic nitrogens is 1. The van der Waals surface area contributed by atoms with Crippen LogP contribution in [0.25, 0.3) is 10.9 Å². The zero-order chi connectivity index (χ0) is 14.1. The van der Waals surface area contributed by atoms with E-state index < -0.39 is 11.1 Å². The van der Waals surface area contributed by atoms with Gasteiger partial charge in [-0.1, -0.05) is 18.2 Å². The highest BCUT2D eigenvalue weighted by atomic mass is 16.6. The molecule has 1 saturated heterocycles. The molecule has 1 amide bonds. The summed E-state index contributed by atoms with van der Waals surface area (Å²) in [4.78, 5) is 14.0. The summed E-state index contributed by atoms with van der Waals surface area (Å²) in [5.41, 5.74) is 1.46. The Kier molecular flexibility index (Phi) is 1.99. The van der Waals surface area contributed by atoms with Crippen molar-refractivity contribution >= 4 is 17.0 Å².